The topological polar surface area (TPSA) is 55.6 Å². The zero-order chi connectivity index (χ0) is 14.0. The lowest BCUT2D eigenvalue weighted by atomic mass is 10.2. The number of rotatable bonds is 4. The van der Waals surface area contributed by atoms with E-state index >= 15 is 0 Å². The SMILES string of the molecule is CCc1nc(Cl)cc(NCc2c(C)nn(C)c2C)n1. The lowest BCUT2D eigenvalue weighted by Crippen LogP contribution is -2.06. The number of aromatic nitrogens is 4. The first-order valence-corrected chi connectivity index (χ1v) is 6.65. The maximum absolute atomic E-state index is 5.97. The molecular weight excluding hydrogens is 262 g/mol. The van der Waals surface area contributed by atoms with Gasteiger partial charge in [-0.15, -0.1) is 0 Å². The maximum atomic E-state index is 5.97. The number of hydrogen-bond donors (Lipinski definition) is 1. The molecule has 0 radical (unpaired) electrons. The quantitative estimate of drug-likeness (QED) is 0.874. The Hall–Kier alpha value is -1.62. The van der Waals surface area contributed by atoms with Crippen LogP contribution in [0.15, 0.2) is 6.07 Å². The summed E-state index contributed by atoms with van der Waals surface area (Å²) in [5.41, 5.74) is 3.37. The summed E-state index contributed by atoms with van der Waals surface area (Å²) in [4.78, 5) is 8.54. The van der Waals surface area contributed by atoms with Crippen LogP contribution in [0.3, 0.4) is 0 Å². The second-order valence-electron chi connectivity index (χ2n) is 4.47. The molecule has 2 aromatic heterocycles. The number of nitrogens with zero attached hydrogens (tertiary/aromatic N) is 4. The van der Waals surface area contributed by atoms with E-state index in [0.717, 1.165) is 29.5 Å². The zero-order valence-electron chi connectivity index (χ0n) is 11.7. The second kappa shape index (κ2) is 5.57. The Morgan fingerprint density at radius 2 is 2.05 bits per heavy atom. The van der Waals surface area contributed by atoms with Gasteiger partial charge in [-0.2, -0.15) is 5.10 Å². The van der Waals surface area contributed by atoms with Crippen molar-refractivity contribution in [2.75, 3.05) is 5.32 Å². The normalized spacial score (nSPS) is 10.8. The van der Waals surface area contributed by atoms with Crippen molar-refractivity contribution >= 4 is 17.4 Å². The monoisotopic (exact) mass is 279 g/mol. The van der Waals surface area contributed by atoms with Gasteiger partial charge in [-0.3, -0.25) is 4.68 Å². The van der Waals surface area contributed by atoms with E-state index < -0.39 is 0 Å². The van der Waals surface area contributed by atoms with E-state index in [9.17, 15) is 0 Å². The predicted octanol–water partition coefficient (Wildman–Crippen LogP) is 2.65. The van der Waals surface area contributed by atoms with E-state index in [1.807, 2.05) is 25.6 Å². The standard InChI is InChI=1S/C13H18ClN5/c1-5-12-16-11(14)6-13(17-12)15-7-10-8(2)18-19(4)9(10)3/h6H,5,7H2,1-4H3,(H,15,16,17). The third-order valence-corrected chi connectivity index (χ3v) is 3.36. The van der Waals surface area contributed by atoms with E-state index in [1.54, 1.807) is 6.07 Å². The Morgan fingerprint density at radius 3 is 2.63 bits per heavy atom. The summed E-state index contributed by atoms with van der Waals surface area (Å²) in [6.45, 7) is 6.75. The minimum absolute atomic E-state index is 0.467. The van der Waals surface area contributed by atoms with E-state index in [1.165, 1.54) is 5.56 Å². The second-order valence-corrected chi connectivity index (χ2v) is 4.86. The molecule has 102 valence electrons. The minimum Gasteiger partial charge on any atom is -0.366 e. The summed E-state index contributed by atoms with van der Waals surface area (Å²) in [5, 5.41) is 8.14. The molecule has 0 atom stereocenters. The molecule has 1 N–H and O–H groups in total. The van der Waals surface area contributed by atoms with Crippen LogP contribution in [0.1, 0.15) is 29.7 Å². The van der Waals surface area contributed by atoms with Gasteiger partial charge in [0.25, 0.3) is 0 Å². The Balaban J connectivity index is 2.16. The molecule has 0 fully saturated rings. The number of halogens is 1. The fraction of sp³-hybridized carbons (Fsp3) is 0.462. The highest BCUT2D eigenvalue weighted by atomic mass is 35.5. The van der Waals surface area contributed by atoms with E-state index in [2.05, 4.69) is 27.3 Å². The van der Waals surface area contributed by atoms with E-state index in [0.29, 0.717) is 11.7 Å². The average molecular weight is 280 g/mol. The summed E-state index contributed by atoms with van der Waals surface area (Å²) in [5.74, 6) is 1.49. The summed E-state index contributed by atoms with van der Waals surface area (Å²) in [6.07, 6.45) is 0.764. The van der Waals surface area contributed by atoms with Crippen LogP contribution in [0, 0.1) is 13.8 Å². The molecule has 0 bridgehead atoms. The fourth-order valence-corrected chi connectivity index (χ4v) is 2.17. The van der Waals surface area contributed by atoms with Crippen LogP contribution < -0.4 is 5.32 Å². The molecule has 2 aromatic rings. The van der Waals surface area contributed by atoms with Gasteiger partial charge in [-0.1, -0.05) is 18.5 Å². The van der Waals surface area contributed by atoms with Gasteiger partial charge in [-0.25, -0.2) is 9.97 Å². The molecule has 0 spiro atoms. The van der Waals surface area contributed by atoms with Crippen molar-refractivity contribution in [1.82, 2.24) is 19.7 Å². The molecule has 0 aliphatic carbocycles. The first-order chi connectivity index (χ1) is 9.01. The van der Waals surface area contributed by atoms with Crippen LogP contribution >= 0.6 is 11.6 Å². The molecule has 6 heteroatoms. The van der Waals surface area contributed by atoms with Crippen LogP contribution in [0.2, 0.25) is 5.15 Å². The maximum Gasteiger partial charge on any atom is 0.134 e. The van der Waals surface area contributed by atoms with Crippen molar-refractivity contribution < 1.29 is 0 Å². The van der Waals surface area contributed by atoms with Gasteiger partial charge < -0.3 is 5.32 Å². The number of anilines is 1. The average Bonchev–Trinajstić information content (AvgIpc) is 2.60. The highest BCUT2D eigenvalue weighted by Crippen LogP contribution is 2.16. The van der Waals surface area contributed by atoms with Gasteiger partial charge >= 0.3 is 0 Å². The van der Waals surface area contributed by atoms with Gasteiger partial charge in [0.1, 0.15) is 16.8 Å². The predicted molar refractivity (Wildman–Crippen MR) is 76.4 cm³/mol. The van der Waals surface area contributed by atoms with Gasteiger partial charge in [0, 0.05) is 37.3 Å². The largest absolute Gasteiger partial charge is 0.366 e. The Bertz CT molecular complexity index is 591. The molecule has 0 saturated carbocycles. The summed E-state index contributed by atoms with van der Waals surface area (Å²) in [7, 11) is 1.95. The van der Waals surface area contributed by atoms with Crippen molar-refractivity contribution in [1.29, 1.82) is 0 Å². The first kappa shape index (κ1) is 13.8. The van der Waals surface area contributed by atoms with Crippen LogP contribution in [0.4, 0.5) is 5.82 Å². The molecule has 0 unspecified atom stereocenters. The molecule has 5 nitrogen and oxygen atoms in total. The van der Waals surface area contributed by atoms with Gasteiger partial charge in [0.2, 0.25) is 0 Å². The van der Waals surface area contributed by atoms with Gasteiger partial charge in [-0.05, 0) is 13.8 Å². The molecule has 0 amide bonds. The molecule has 19 heavy (non-hydrogen) atoms. The van der Waals surface area contributed by atoms with Crippen molar-refractivity contribution in [3.8, 4) is 0 Å². The first-order valence-electron chi connectivity index (χ1n) is 6.27. The van der Waals surface area contributed by atoms with Crippen LogP contribution in [0.25, 0.3) is 0 Å². The van der Waals surface area contributed by atoms with Gasteiger partial charge in [0.05, 0.1) is 5.69 Å². The van der Waals surface area contributed by atoms with Crippen LogP contribution in [0.5, 0.6) is 0 Å². The number of nitrogens with one attached hydrogen (secondary N) is 1. The molecule has 0 aliphatic heterocycles. The number of aryl methyl sites for hydroxylation is 3. The summed E-state index contributed by atoms with van der Waals surface area (Å²) < 4.78 is 1.89. The smallest absolute Gasteiger partial charge is 0.134 e. The molecule has 0 aromatic carbocycles. The lowest BCUT2D eigenvalue weighted by molar-refractivity contribution is 0.730. The Morgan fingerprint density at radius 1 is 1.32 bits per heavy atom. The van der Waals surface area contributed by atoms with E-state index in [-0.39, 0.29) is 0 Å². The third kappa shape index (κ3) is 3.04. The molecule has 0 saturated heterocycles. The van der Waals surface area contributed by atoms with Crippen molar-refractivity contribution in [3.63, 3.8) is 0 Å². The van der Waals surface area contributed by atoms with Crippen molar-refractivity contribution in [2.24, 2.45) is 7.05 Å². The van der Waals surface area contributed by atoms with Crippen LogP contribution in [-0.4, -0.2) is 19.7 Å². The zero-order valence-corrected chi connectivity index (χ0v) is 12.4. The molecular formula is C13H18ClN5. The lowest BCUT2D eigenvalue weighted by Gasteiger charge is -2.07. The summed E-state index contributed by atoms with van der Waals surface area (Å²) >= 11 is 5.97. The van der Waals surface area contributed by atoms with Gasteiger partial charge in [0.15, 0.2) is 0 Å². The third-order valence-electron chi connectivity index (χ3n) is 3.16. The fourth-order valence-electron chi connectivity index (χ4n) is 1.97. The highest BCUT2D eigenvalue weighted by Gasteiger charge is 2.09. The molecule has 2 rings (SSSR count). The molecule has 0 aliphatic rings. The van der Waals surface area contributed by atoms with Crippen molar-refractivity contribution in [2.45, 2.75) is 33.7 Å². The summed E-state index contributed by atoms with van der Waals surface area (Å²) in [6, 6.07) is 1.74. The van der Waals surface area contributed by atoms with E-state index in [4.69, 9.17) is 11.6 Å². The minimum atomic E-state index is 0.467. The molecule has 2 heterocycles. The van der Waals surface area contributed by atoms with Crippen molar-refractivity contribution in [3.05, 3.63) is 34.0 Å². The Labute approximate surface area is 118 Å². The number of hydrogen-bond acceptors (Lipinski definition) is 4. The highest BCUT2D eigenvalue weighted by molar-refractivity contribution is 6.29. The van der Waals surface area contributed by atoms with Crippen LogP contribution in [-0.2, 0) is 20.0 Å². The Kier molecular flexibility index (Phi) is 4.04.